The Bertz CT molecular complexity index is 735. The number of nitrogens with zero attached hydrogens (tertiary/aromatic N) is 2. The minimum atomic E-state index is -0.877. The third-order valence-corrected chi connectivity index (χ3v) is 5.27. The van der Waals surface area contributed by atoms with Crippen molar-refractivity contribution < 1.29 is 9.00 Å². The number of hydrogen-bond donors (Lipinski definition) is 1. The number of nitrogens with one attached hydrogen (secondary N) is 1. The molecule has 5 nitrogen and oxygen atoms in total. The van der Waals surface area contributed by atoms with E-state index in [1.165, 1.54) is 23.8 Å². The Kier molecular flexibility index (Phi) is 5.68. The molecule has 1 aromatic carbocycles. The third kappa shape index (κ3) is 4.24. The van der Waals surface area contributed by atoms with Crippen molar-refractivity contribution in [1.29, 1.82) is 0 Å². The molecular formula is C18H25N3O2S. The summed E-state index contributed by atoms with van der Waals surface area (Å²) in [4.78, 5) is 14.6. The zero-order valence-electron chi connectivity index (χ0n) is 14.2. The van der Waals surface area contributed by atoms with Crippen LogP contribution in [0, 0.1) is 0 Å². The summed E-state index contributed by atoms with van der Waals surface area (Å²) in [5, 5.41) is 4.07. The van der Waals surface area contributed by atoms with Crippen LogP contribution in [0.1, 0.15) is 18.4 Å². The minimum Gasteiger partial charge on any atom is -0.354 e. The van der Waals surface area contributed by atoms with Crippen LogP contribution >= 0.6 is 0 Å². The van der Waals surface area contributed by atoms with Crippen LogP contribution in [0.2, 0.25) is 0 Å². The molecule has 1 aromatic heterocycles. The lowest BCUT2D eigenvalue weighted by Crippen LogP contribution is -2.30. The highest BCUT2D eigenvalue weighted by molar-refractivity contribution is 7.84. The van der Waals surface area contributed by atoms with Crippen molar-refractivity contribution in [2.24, 2.45) is 0 Å². The second-order valence-corrected chi connectivity index (χ2v) is 7.96. The number of fused-ring (bicyclic) bond motifs is 1. The lowest BCUT2D eigenvalue weighted by Gasteiger charge is -2.13. The predicted octanol–water partition coefficient (Wildman–Crippen LogP) is 1.73. The Hall–Kier alpha value is -1.66. The van der Waals surface area contributed by atoms with Gasteiger partial charge in [0.25, 0.3) is 0 Å². The monoisotopic (exact) mass is 347 g/mol. The molecule has 1 fully saturated rings. The van der Waals surface area contributed by atoms with E-state index in [2.05, 4.69) is 34.6 Å². The van der Waals surface area contributed by atoms with Gasteiger partial charge in [-0.25, -0.2) is 0 Å². The van der Waals surface area contributed by atoms with Gasteiger partial charge in [-0.15, -0.1) is 0 Å². The topological polar surface area (TPSA) is 54.3 Å². The first kappa shape index (κ1) is 17.2. The van der Waals surface area contributed by atoms with Crippen LogP contribution in [-0.4, -0.2) is 51.2 Å². The highest BCUT2D eigenvalue weighted by Crippen LogP contribution is 2.24. The van der Waals surface area contributed by atoms with Gasteiger partial charge >= 0.3 is 0 Å². The molecule has 1 saturated heterocycles. The smallest absolute Gasteiger partial charge is 0.239 e. The molecule has 1 unspecified atom stereocenters. The highest BCUT2D eigenvalue weighted by atomic mass is 32.2. The van der Waals surface area contributed by atoms with E-state index in [-0.39, 0.29) is 5.91 Å². The second kappa shape index (κ2) is 7.94. The maximum atomic E-state index is 12.2. The van der Waals surface area contributed by atoms with Crippen LogP contribution in [0.3, 0.4) is 0 Å². The Labute approximate surface area is 145 Å². The van der Waals surface area contributed by atoms with Gasteiger partial charge in [0.1, 0.15) is 6.54 Å². The van der Waals surface area contributed by atoms with E-state index in [0.717, 1.165) is 25.2 Å². The average Bonchev–Trinajstić information content (AvgIpc) is 3.17. The molecule has 0 saturated carbocycles. The SMILES string of the molecule is CS(=O)CCNC(=O)Cn1cc(CN2CCCC2)c2ccccc21. The summed E-state index contributed by atoms with van der Waals surface area (Å²) < 4.78 is 13.1. The van der Waals surface area contributed by atoms with Gasteiger partial charge in [-0.05, 0) is 37.6 Å². The summed E-state index contributed by atoms with van der Waals surface area (Å²) in [5.41, 5.74) is 2.39. The number of hydrogen-bond acceptors (Lipinski definition) is 3. The zero-order chi connectivity index (χ0) is 16.9. The Morgan fingerprint density at radius 3 is 2.75 bits per heavy atom. The van der Waals surface area contributed by atoms with Crippen molar-refractivity contribution >= 4 is 27.6 Å². The maximum absolute atomic E-state index is 12.2. The molecule has 1 atom stereocenters. The van der Waals surface area contributed by atoms with Gasteiger partial charge in [0.15, 0.2) is 0 Å². The molecule has 24 heavy (non-hydrogen) atoms. The summed E-state index contributed by atoms with van der Waals surface area (Å²) in [6.07, 6.45) is 6.32. The summed E-state index contributed by atoms with van der Waals surface area (Å²) >= 11 is 0. The van der Waals surface area contributed by atoms with Gasteiger partial charge in [-0.2, -0.15) is 0 Å². The van der Waals surface area contributed by atoms with E-state index < -0.39 is 10.8 Å². The van der Waals surface area contributed by atoms with Crippen molar-refractivity contribution in [2.45, 2.75) is 25.9 Å². The molecule has 0 aliphatic carbocycles. The molecule has 3 rings (SSSR count). The number of aromatic nitrogens is 1. The van der Waals surface area contributed by atoms with E-state index >= 15 is 0 Å². The minimum absolute atomic E-state index is 0.0334. The fourth-order valence-electron chi connectivity index (χ4n) is 3.31. The summed E-state index contributed by atoms with van der Waals surface area (Å²) in [5.74, 6) is 0.465. The number of para-hydroxylation sites is 1. The van der Waals surface area contributed by atoms with Crippen molar-refractivity contribution in [1.82, 2.24) is 14.8 Å². The average molecular weight is 347 g/mol. The zero-order valence-corrected chi connectivity index (χ0v) is 15.0. The molecule has 6 heteroatoms. The molecule has 2 heterocycles. The number of rotatable bonds is 7. The Balaban J connectivity index is 1.72. The number of likely N-dealkylation sites (tertiary alicyclic amines) is 1. The molecule has 130 valence electrons. The van der Waals surface area contributed by atoms with Crippen molar-refractivity contribution in [3.63, 3.8) is 0 Å². The Morgan fingerprint density at radius 2 is 2.00 bits per heavy atom. The molecule has 0 radical (unpaired) electrons. The summed E-state index contributed by atoms with van der Waals surface area (Å²) in [6, 6.07) is 8.26. The fourth-order valence-corrected chi connectivity index (χ4v) is 3.70. The van der Waals surface area contributed by atoms with Crippen LogP contribution in [0.15, 0.2) is 30.5 Å². The van der Waals surface area contributed by atoms with E-state index in [4.69, 9.17) is 0 Å². The maximum Gasteiger partial charge on any atom is 0.239 e. The van der Waals surface area contributed by atoms with Crippen LogP contribution in [0.4, 0.5) is 0 Å². The van der Waals surface area contributed by atoms with Gasteiger partial charge in [-0.3, -0.25) is 13.9 Å². The van der Waals surface area contributed by atoms with Crippen LogP contribution in [0.25, 0.3) is 10.9 Å². The van der Waals surface area contributed by atoms with Gasteiger partial charge in [0.05, 0.1) is 0 Å². The van der Waals surface area contributed by atoms with Crippen LogP contribution < -0.4 is 5.32 Å². The van der Waals surface area contributed by atoms with Gasteiger partial charge < -0.3 is 9.88 Å². The van der Waals surface area contributed by atoms with Crippen molar-refractivity contribution in [3.8, 4) is 0 Å². The van der Waals surface area contributed by atoms with Crippen LogP contribution in [-0.2, 0) is 28.7 Å². The molecule has 1 amide bonds. The molecule has 1 aliphatic rings. The summed E-state index contributed by atoms with van der Waals surface area (Å²) in [7, 11) is -0.877. The van der Waals surface area contributed by atoms with Crippen molar-refractivity contribution in [2.75, 3.05) is 31.6 Å². The first-order valence-electron chi connectivity index (χ1n) is 8.49. The van der Waals surface area contributed by atoms with E-state index in [1.807, 2.05) is 10.6 Å². The first-order valence-corrected chi connectivity index (χ1v) is 10.2. The standard InChI is InChI=1S/C18H25N3O2S/c1-24(23)11-8-19-18(22)14-21-13-15(12-20-9-4-5-10-20)16-6-2-3-7-17(16)21/h2-3,6-7,13H,4-5,8-12,14H2,1H3,(H,19,22). The molecule has 0 spiro atoms. The number of carbonyl (C=O) groups excluding carboxylic acids is 1. The molecule has 1 N–H and O–H groups in total. The second-order valence-electron chi connectivity index (χ2n) is 6.41. The van der Waals surface area contributed by atoms with Crippen molar-refractivity contribution in [3.05, 3.63) is 36.0 Å². The van der Waals surface area contributed by atoms with E-state index in [0.29, 0.717) is 18.8 Å². The normalized spacial score (nSPS) is 16.5. The molecule has 0 bridgehead atoms. The third-order valence-electron chi connectivity index (χ3n) is 4.49. The number of benzene rings is 1. The fraction of sp³-hybridized carbons (Fsp3) is 0.500. The largest absolute Gasteiger partial charge is 0.354 e. The quantitative estimate of drug-likeness (QED) is 0.830. The van der Waals surface area contributed by atoms with Gasteiger partial charge in [-0.1, -0.05) is 18.2 Å². The van der Waals surface area contributed by atoms with Gasteiger partial charge in [0.2, 0.25) is 5.91 Å². The highest BCUT2D eigenvalue weighted by Gasteiger charge is 2.16. The lowest BCUT2D eigenvalue weighted by molar-refractivity contribution is -0.121. The number of amides is 1. The Morgan fingerprint density at radius 1 is 1.25 bits per heavy atom. The van der Waals surface area contributed by atoms with E-state index in [9.17, 15) is 9.00 Å². The van der Waals surface area contributed by atoms with Crippen LogP contribution in [0.5, 0.6) is 0 Å². The lowest BCUT2D eigenvalue weighted by atomic mass is 10.1. The first-order chi connectivity index (χ1) is 11.6. The van der Waals surface area contributed by atoms with E-state index in [1.54, 1.807) is 6.26 Å². The number of carbonyl (C=O) groups is 1. The molecule has 1 aliphatic heterocycles. The predicted molar refractivity (Wildman–Crippen MR) is 98.4 cm³/mol. The van der Waals surface area contributed by atoms with Gasteiger partial charge in [0, 0.05) is 53.0 Å². The summed E-state index contributed by atoms with van der Waals surface area (Å²) in [6.45, 7) is 4.03. The molecular weight excluding hydrogens is 322 g/mol. The molecule has 2 aromatic rings.